The third kappa shape index (κ3) is 1.88. The second kappa shape index (κ2) is 4.52. The van der Waals surface area contributed by atoms with Crippen LogP contribution in [-0.4, -0.2) is 22.9 Å². The molecule has 5 nitrogen and oxygen atoms in total. The van der Waals surface area contributed by atoms with Crippen LogP contribution in [0.15, 0.2) is 42.5 Å². The number of anilines is 1. The van der Waals surface area contributed by atoms with Crippen molar-refractivity contribution < 1.29 is 23.9 Å². The summed E-state index contributed by atoms with van der Waals surface area (Å²) in [6, 6.07) is 9.07. The standard InChI is InChI=1S/C15H8FNO4/c16-11-3-1-2-10-12(11)14(19)17(13(10)18)9-6-4-8(5-7-9)15(20)21/h1-7H,(H,20,21). The van der Waals surface area contributed by atoms with Crippen LogP contribution in [0, 0.1) is 5.82 Å². The van der Waals surface area contributed by atoms with Gasteiger partial charge >= 0.3 is 5.97 Å². The van der Waals surface area contributed by atoms with Crippen LogP contribution >= 0.6 is 0 Å². The van der Waals surface area contributed by atoms with E-state index >= 15 is 0 Å². The van der Waals surface area contributed by atoms with Gasteiger partial charge in [-0.15, -0.1) is 0 Å². The van der Waals surface area contributed by atoms with Crippen molar-refractivity contribution >= 4 is 23.5 Å². The van der Waals surface area contributed by atoms with Gasteiger partial charge in [0.05, 0.1) is 22.4 Å². The Morgan fingerprint density at radius 1 is 1.00 bits per heavy atom. The number of amides is 2. The van der Waals surface area contributed by atoms with E-state index in [-0.39, 0.29) is 22.4 Å². The smallest absolute Gasteiger partial charge is 0.335 e. The van der Waals surface area contributed by atoms with Crippen LogP contribution in [0.25, 0.3) is 0 Å². The molecule has 1 aliphatic rings. The first kappa shape index (κ1) is 13.0. The van der Waals surface area contributed by atoms with Crippen molar-refractivity contribution in [3.05, 3.63) is 65.0 Å². The van der Waals surface area contributed by atoms with E-state index in [1.54, 1.807) is 0 Å². The molecule has 0 aromatic heterocycles. The molecule has 2 aromatic rings. The Morgan fingerprint density at radius 2 is 1.67 bits per heavy atom. The highest BCUT2D eigenvalue weighted by molar-refractivity contribution is 6.34. The Hall–Kier alpha value is -3.02. The van der Waals surface area contributed by atoms with E-state index in [9.17, 15) is 18.8 Å². The van der Waals surface area contributed by atoms with Crippen LogP contribution in [0.2, 0.25) is 0 Å². The van der Waals surface area contributed by atoms with Gasteiger partial charge in [-0.2, -0.15) is 0 Å². The second-order valence-corrected chi connectivity index (χ2v) is 4.46. The SMILES string of the molecule is O=C(O)c1ccc(N2C(=O)c3cccc(F)c3C2=O)cc1. The minimum atomic E-state index is -1.12. The van der Waals surface area contributed by atoms with Crippen molar-refractivity contribution in [2.24, 2.45) is 0 Å². The number of aromatic carboxylic acids is 1. The fourth-order valence-corrected chi connectivity index (χ4v) is 2.23. The maximum absolute atomic E-state index is 13.7. The normalized spacial score (nSPS) is 13.5. The van der Waals surface area contributed by atoms with Crippen molar-refractivity contribution in [3.63, 3.8) is 0 Å². The van der Waals surface area contributed by atoms with Gasteiger partial charge in [0, 0.05) is 0 Å². The minimum absolute atomic E-state index is 0.00214. The number of carbonyl (C=O) groups is 3. The third-order valence-electron chi connectivity index (χ3n) is 3.24. The van der Waals surface area contributed by atoms with Crippen molar-refractivity contribution in [3.8, 4) is 0 Å². The molecule has 6 heteroatoms. The number of fused-ring (bicyclic) bond motifs is 1. The summed E-state index contributed by atoms with van der Waals surface area (Å²) in [4.78, 5) is 36.0. The summed E-state index contributed by atoms with van der Waals surface area (Å²) in [5.41, 5.74) is -0.0285. The highest BCUT2D eigenvalue weighted by Crippen LogP contribution is 2.29. The van der Waals surface area contributed by atoms with Gasteiger partial charge in [-0.1, -0.05) is 6.07 Å². The molecule has 0 bridgehead atoms. The zero-order valence-electron chi connectivity index (χ0n) is 10.5. The molecule has 21 heavy (non-hydrogen) atoms. The molecular formula is C15H8FNO4. The van der Waals surface area contributed by atoms with E-state index < -0.39 is 23.6 Å². The number of imide groups is 1. The third-order valence-corrected chi connectivity index (χ3v) is 3.24. The first-order chi connectivity index (χ1) is 10.0. The van der Waals surface area contributed by atoms with Crippen molar-refractivity contribution in [2.45, 2.75) is 0 Å². The van der Waals surface area contributed by atoms with E-state index in [2.05, 4.69) is 0 Å². The highest BCUT2D eigenvalue weighted by Gasteiger charge is 2.38. The lowest BCUT2D eigenvalue weighted by Gasteiger charge is -2.13. The minimum Gasteiger partial charge on any atom is -0.478 e. The van der Waals surface area contributed by atoms with Gasteiger partial charge < -0.3 is 5.11 Å². The lowest BCUT2D eigenvalue weighted by molar-refractivity contribution is 0.0696. The van der Waals surface area contributed by atoms with Gasteiger partial charge in [0.2, 0.25) is 0 Å². The average Bonchev–Trinajstić information content (AvgIpc) is 2.72. The summed E-state index contributed by atoms with van der Waals surface area (Å²) in [6.45, 7) is 0. The number of rotatable bonds is 2. The van der Waals surface area contributed by atoms with Gasteiger partial charge in [0.25, 0.3) is 11.8 Å². The average molecular weight is 285 g/mol. The topological polar surface area (TPSA) is 74.7 Å². The first-order valence-electron chi connectivity index (χ1n) is 6.01. The Bertz CT molecular complexity index is 783. The van der Waals surface area contributed by atoms with Crippen molar-refractivity contribution in [1.82, 2.24) is 0 Å². The lowest BCUT2D eigenvalue weighted by atomic mass is 10.1. The van der Waals surface area contributed by atoms with Crippen LogP contribution in [-0.2, 0) is 0 Å². The van der Waals surface area contributed by atoms with Gasteiger partial charge in [0.1, 0.15) is 5.82 Å². The van der Waals surface area contributed by atoms with E-state index in [0.717, 1.165) is 11.0 Å². The van der Waals surface area contributed by atoms with Crippen molar-refractivity contribution in [2.75, 3.05) is 4.90 Å². The maximum atomic E-state index is 13.7. The number of nitrogens with zero attached hydrogens (tertiary/aromatic N) is 1. The zero-order chi connectivity index (χ0) is 15.1. The summed E-state index contributed by atoms with van der Waals surface area (Å²) in [7, 11) is 0. The maximum Gasteiger partial charge on any atom is 0.335 e. The van der Waals surface area contributed by atoms with Gasteiger partial charge in [-0.05, 0) is 36.4 Å². The molecule has 2 amide bonds. The van der Waals surface area contributed by atoms with Crippen molar-refractivity contribution in [1.29, 1.82) is 0 Å². The molecule has 0 saturated carbocycles. The molecule has 0 unspecified atom stereocenters. The molecule has 0 spiro atoms. The van der Waals surface area contributed by atoms with Gasteiger partial charge in [0.15, 0.2) is 0 Å². The summed E-state index contributed by atoms with van der Waals surface area (Å²) in [5, 5.41) is 8.83. The number of carboxylic acid groups (broad SMARTS) is 1. The Labute approximate surface area is 118 Å². The van der Waals surface area contributed by atoms with Crippen LogP contribution in [0.3, 0.4) is 0 Å². The largest absolute Gasteiger partial charge is 0.478 e. The van der Waals surface area contributed by atoms with E-state index in [0.29, 0.717) is 0 Å². The predicted molar refractivity (Wildman–Crippen MR) is 70.9 cm³/mol. The molecule has 104 valence electrons. The molecule has 0 fully saturated rings. The molecule has 1 aliphatic heterocycles. The monoisotopic (exact) mass is 285 g/mol. The number of hydrogen-bond acceptors (Lipinski definition) is 3. The molecule has 0 atom stereocenters. The zero-order valence-corrected chi connectivity index (χ0v) is 10.5. The number of hydrogen-bond donors (Lipinski definition) is 1. The van der Waals surface area contributed by atoms with Gasteiger partial charge in [-0.25, -0.2) is 14.1 Å². The van der Waals surface area contributed by atoms with Gasteiger partial charge in [-0.3, -0.25) is 9.59 Å². The van der Waals surface area contributed by atoms with E-state index in [1.807, 2.05) is 0 Å². The molecule has 0 radical (unpaired) electrons. The second-order valence-electron chi connectivity index (χ2n) is 4.46. The summed E-state index contributed by atoms with van der Waals surface area (Å²) >= 11 is 0. The molecule has 3 rings (SSSR count). The number of halogens is 1. The Balaban J connectivity index is 2.06. The molecular weight excluding hydrogens is 277 g/mol. The molecule has 2 aromatic carbocycles. The van der Waals surface area contributed by atoms with Crippen LogP contribution in [0.1, 0.15) is 31.1 Å². The first-order valence-corrected chi connectivity index (χ1v) is 6.01. The number of carbonyl (C=O) groups excluding carboxylic acids is 2. The summed E-state index contributed by atoms with van der Waals surface area (Å²) < 4.78 is 13.7. The molecule has 0 aliphatic carbocycles. The Morgan fingerprint density at radius 3 is 2.24 bits per heavy atom. The quantitative estimate of drug-likeness (QED) is 0.859. The van der Waals surface area contributed by atoms with Crippen LogP contribution < -0.4 is 4.90 Å². The summed E-state index contributed by atoms with van der Waals surface area (Å²) in [6.07, 6.45) is 0. The van der Waals surface area contributed by atoms with E-state index in [1.165, 1.54) is 36.4 Å². The van der Waals surface area contributed by atoms with E-state index in [4.69, 9.17) is 5.11 Å². The van der Waals surface area contributed by atoms with Crippen LogP contribution in [0.4, 0.5) is 10.1 Å². The van der Waals surface area contributed by atoms with Crippen LogP contribution in [0.5, 0.6) is 0 Å². The lowest BCUT2D eigenvalue weighted by Crippen LogP contribution is -2.29. The highest BCUT2D eigenvalue weighted by atomic mass is 19.1. The number of benzene rings is 2. The molecule has 1 heterocycles. The molecule has 0 saturated heterocycles. The number of carboxylic acids is 1. The summed E-state index contributed by atoms with van der Waals surface area (Å²) in [5.74, 6) is -3.25. The molecule has 1 N–H and O–H groups in total. The fourth-order valence-electron chi connectivity index (χ4n) is 2.23. The predicted octanol–water partition coefficient (Wildman–Crippen LogP) is 2.32. The fraction of sp³-hybridized carbons (Fsp3) is 0. The Kier molecular flexibility index (Phi) is 2.79.